The number of piperidine rings is 1. The Labute approximate surface area is 123 Å². The molecule has 1 N–H and O–H groups in total. The van der Waals surface area contributed by atoms with Crippen LogP contribution in [-0.2, 0) is 6.42 Å². The molecule has 1 saturated heterocycles. The number of aromatic nitrogens is 1. The topological polar surface area (TPSA) is 36.4 Å². The number of hydrogen-bond acceptors (Lipinski definition) is 4. The summed E-state index contributed by atoms with van der Waals surface area (Å²) in [6, 6.07) is 10.2. The van der Waals surface area contributed by atoms with Gasteiger partial charge < -0.3 is 10.0 Å². The van der Waals surface area contributed by atoms with Gasteiger partial charge in [0, 0.05) is 30.5 Å². The molecule has 0 aliphatic carbocycles. The summed E-state index contributed by atoms with van der Waals surface area (Å²) in [4.78, 5) is 6.95. The summed E-state index contributed by atoms with van der Waals surface area (Å²) in [5.41, 5.74) is 1.59. The van der Waals surface area contributed by atoms with Gasteiger partial charge >= 0.3 is 0 Å². The predicted molar refractivity (Wildman–Crippen MR) is 82.9 cm³/mol. The standard InChI is InChI=1S/C16H20N2OS/c1-18-9-7-16(19,8-10-18)11-15-17-14(12-20-15)13-5-3-2-4-6-13/h2-6,12,19H,7-11H2,1H3. The van der Waals surface area contributed by atoms with Crippen LogP contribution in [0, 0.1) is 0 Å². The highest BCUT2D eigenvalue weighted by Gasteiger charge is 2.32. The third-order valence-corrected chi connectivity index (χ3v) is 4.87. The van der Waals surface area contributed by atoms with Gasteiger partial charge in [-0.3, -0.25) is 0 Å². The fraction of sp³-hybridized carbons (Fsp3) is 0.438. The predicted octanol–water partition coefficient (Wildman–Crippen LogP) is 2.81. The highest BCUT2D eigenvalue weighted by Crippen LogP contribution is 2.29. The number of nitrogens with zero attached hydrogens (tertiary/aromatic N) is 2. The van der Waals surface area contributed by atoms with Crippen LogP contribution < -0.4 is 0 Å². The highest BCUT2D eigenvalue weighted by atomic mass is 32.1. The summed E-state index contributed by atoms with van der Waals surface area (Å²) in [6.07, 6.45) is 2.35. The fourth-order valence-electron chi connectivity index (χ4n) is 2.63. The highest BCUT2D eigenvalue weighted by molar-refractivity contribution is 7.09. The van der Waals surface area contributed by atoms with Crippen molar-refractivity contribution in [2.24, 2.45) is 0 Å². The summed E-state index contributed by atoms with van der Waals surface area (Å²) < 4.78 is 0. The van der Waals surface area contributed by atoms with Gasteiger partial charge in [-0.15, -0.1) is 11.3 Å². The number of thiazole rings is 1. The van der Waals surface area contributed by atoms with E-state index in [0.717, 1.165) is 42.2 Å². The van der Waals surface area contributed by atoms with Crippen LogP contribution in [0.3, 0.4) is 0 Å². The van der Waals surface area contributed by atoms with Crippen molar-refractivity contribution in [3.8, 4) is 11.3 Å². The molecule has 1 aliphatic rings. The molecule has 1 fully saturated rings. The first-order valence-corrected chi connectivity index (χ1v) is 7.93. The van der Waals surface area contributed by atoms with Crippen LogP contribution in [0.1, 0.15) is 17.8 Å². The van der Waals surface area contributed by atoms with Crippen molar-refractivity contribution in [2.75, 3.05) is 20.1 Å². The third-order valence-electron chi connectivity index (χ3n) is 4.02. The van der Waals surface area contributed by atoms with Crippen molar-refractivity contribution in [2.45, 2.75) is 24.9 Å². The Balaban J connectivity index is 1.71. The summed E-state index contributed by atoms with van der Waals surface area (Å²) in [5, 5.41) is 13.8. The molecular weight excluding hydrogens is 268 g/mol. The van der Waals surface area contributed by atoms with E-state index in [4.69, 9.17) is 0 Å². The first kappa shape index (κ1) is 13.7. The number of benzene rings is 1. The molecule has 1 aromatic carbocycles. The first-order valence-electron chi connectivity index (χ1n) is 7.05. The average Bonchev–Trinajstić information content (AvgIpc) is 2.92. The molecule has 2 aromatic rings. The number of aliphatic hydroxyl groups is 1. The van der Waals surface area contributed by atoms with E-state index in [1.807, 2.05) is 18.2 Å². The minimum Gasteiger partial charge on any atom is -0.389 e. The molecule has 0 saturated carbocycles. The van der Waals surface area contributed by atoms with E-state index >= 15 is 0 Å². The van der Waals surface area contributed by atoms with Crippen LogP contribution >= 0.6 is 11.3 Å². The van der Waals surface area contributed by atoms with Crippen LogP contribution in [0.2, 0.25) is 0 Å². The molecule has 2 heterocycles. The van der Waals surface area contributed by atoms with Crippen LogP contribution in [0.15, 0.2) is 35.7 Å². The quantitative estimate of drug-likeness (QED) is 0.943. The molecule has 0 atom stereocenters. The number of hydrogen-bond donors (Lipinski definition) is 1. The Bertz CT molecular complexity index is 559. The Morgan fingerprint density at radius 2 is 1.95 bits per heavy atom. The molecule has 3 nitrogen and oxygen atoms in total. The second kappa shape index (κ2) is 5.64. The van der Waals surface area contributed by atoms with Crippen molar-refractivity contribution >= 4 is 11.3 Å². The van der Waals surface area contributed by atoms with Gasteiger partial charge in [-0.05, 0) is 19.9 Å². The molecule has 1 aliphatic heterocycles. The molecule has 0 radical (unpaired) electrons. The van der Waals surface area contributed by atoms with Crippen LogP contribution in [0.25, 0.3) is 11.3 Å². The second-order valence-electron chi connectivity index (χ2n) is 5.70. The van der Waals surface area contributed by atoms with E-state index in [1.54, 1.807) is 11.3 Å². The van der Waals surface area contributed by atoms with Crippen molar-refractivity contribution in [3.63, 3.8) is 0 Å². The first-order chi connectivity index (χ1) is 9.65. The van der Waals surface area contributed by atoms with Gasteiger partial charge in [0.2, 0.25) is 0 Å². The maximum Gasteiger partial charge on any atom is 0.0961 e. The molecule has 0 spiro atoms. The molecule has 0 amide bonds. The summed E-state index contributed by atoms with van der Waals surface area (Å²) >= 11 is 1.65. The van der Waals surface area contributed by atoms with Gasteiger partial charge in [-0.25, -0.2) is 4.98 Å². The van der Waals surface area contributed by atoms with E-state index in [0.29, 0.717) is 6.42 Å². The van der Waals surface area contributed by atoms with Crippen molar-refractivity contribution in [1.29, 1.82) is 0 Å². The summed E-state index contributed by atoms with van der Waals surface area (Å²) in [5.74, 6) is 0. The number of likely N-dealkylation sites (tertiary alicyclic amines) is 1. The Hall–Kier alpha value is -1.23. The van der Waals surface area contributed by atoms with E-state index in [1.165, 1.54) is 0 Å². The van der Waals surface area contributed by atoms with Gasteiger partial charge in [0.05, 0.1) is 16.3 Å². The van der Waals surface area contributed by atoms with Crippen molar-refractivity contribution < 1.29 is 5.11 Å². The minimum absolute atomic E-state index is 0.571. The molecule has 3 rings (SSSR count). The smallest absolute Gasteiger partial charge is 0.0961 e. The zero-order valence-corrected chi connectivity index (χ0v) is 12.6. The zero-order chi connectivity index (χ0) is 14.0. The maximum absolute atomic E-state index is 10.7. The lowest BCUT2D eigenvalue weighted by atomic mass is 9.89. The Morgan fingerprint density at radius 1 is 1.25 bits per heavy atom. The fourth-order valence-corrected chi connectivity index (χ4v) is 3.57. The lowest BCUT2D eigenvalue weighted by Crippen LogP contribution is -2.44. The molecule has 4 heteroatoms. The van der Waals surface area contributed by atoms with E-state index in [9.17, 15) is 5.11 Å². The van der Waals surface area contributed by atoms with Crippen LogP contribution in [-0.4, -0.2) is 40.7 Å². The lowest BCUT2D eigenvalue weighted by Gasteiger charge is -2.36. The molecule has 0 bridgehead atoms. The molecule has 106 valence electrons. The minimum atomic E-state index is -0.571. The van der Waals surface area contributed by atoms with Gasteiger partial charge in [0.25, 0.3) is 0 Å². The Morgan fingerprint density at radius 3 is 2.65 bits per heavy atom. The van der Waals surface area contributed by atoms with Gasteiger partial charge in [-0.2, -0.15) is 0 Å². The summed E-state index contributed by atoms with van der Waals surface area (Å²) in [7, 11) is 2.11. The Kier molecular flexibility index (Phi) is 3.87. The van der Waals surface area contributed by atoms with Gasteiger partial charge in [0.1, 0.15) is 0 Å². The van der Waals surface area contributed by atoms with Crippen molar-refractivity contribution in [3.05, 3.63) is 40.7 Å². The van der Waals surface area contributed by atoms with Crippen LogP contribution in [0.5, 0.6) is 0 Å². The van der Waals surface area contributed by atoms with E-state index < -0.39 is 5.60 Å². The normalized spacial score (nSPS) is 19.1. The SMILES string of the molecule is CN1CCC(O)(Cc2nc(-c3ccccc3)cs2)CC1. The van der Waals surface area contributed by atoms with Crippen molar-refractivity contribution in [1.82, 2.24) is 9.88 Å². The average molecular weight is 288 g/mol. The summed E-state index contributed by atoms with van der Waals surface area (Å²) in [6.45, 7) is 1.93. The molecular formula is C16H20N2OS. The maximum atomic E-state index is 10.7. The lowest BCUT2D eigenvalue weighted by molar-refractivity contribution is -0.0150. The second-order valence-corrected chi connectivity index (χ2v) is 6.64. The monoisotopic (exact) mass is 288 g/mol. The number of rotatable bonds is 3. The van der Waals surface area contributed by atoms with Gasteiger partial charge in [0.15, 0.2) is 0 Å². The third kappa shape index (κ3) is 3.08. The molecule has 20 heavy (non-hydrogen) atoms. The molecule has 0 unspecified atom stereocenters. The van der Waals surface area contributed by atoms with Crippen LogP contribution in [0.4, 0.5) is 0 Å². The van der Waals surface area contributed by atoms with E-state index in [2.05, 4.69) is 34.4 Å². The largest absolute Gasteiger partial charge is 0.389 e. The zero-order valence-electron chi connectivity index (χ0n) is 11.7. The molecule has 1 aromatic heterocycles. The van der Waals surface area contributed by atoms with E-state index in [-0.39, 0.29) is 0 Å². The van der Waals surface area contributed by atoms with Gasteiger partial charge in [-0.1, -0.05) is 30.3 Å².